The second kappa shape index (κ2) is 11.7. The van der Waals surface area contributed by atoms with Gasteiger partial charge in [0.05, 0.1) is 18.2 Å². The zero-order chi connectivity index (χ0) is 34.7. The van der Waals surface area contributed by atoms with Crippen LogP contribution in [0.2, 0.25) is 0 Å². The summed E-state index contributed by atoms with van der Waals surface area (Å²) in [5, 5.41) is 46.9. The minimum Gasteiger partial charge on any atom is -0.508 e. The standard InChI is InChI=1S/C32H32F3N3O9/c1-4-47-20-8-5-13(9-15(20)12-37-30(45)32(33,34)35)16-6-7-19(39)22-17(16)10-14-11-18-24(38(2)3)26(41)23(29(36)44)28(43)31(18,46)27(42)21(14)25(22)40/h5-9,14,18,24,39-40,43,46H,4,10-12H2,1-3H3,(H2,36,44)(H,37,45)/t14-,18-,24?,31+/m1/s1. The summed E-state index contributed by atoms with van der Waals surface area (Å²) in [7, 11) is 2.98. The fourth-order valence-corrected chi connectivity index (χ4v) is 6.97. The highest BCUT2D eigenvalue weighted by Gasteiger charge is 2.64. The molecule has 0 heterocycles. The van der Waals surface area contributed by atoms with Crippen LogP contribution in [0.15, 0.2) is 47.2 Å². The van der Waals surface area contributed by atoms with Crippen molar-refractivity contribution in [2.45, 2.75) is 44.1 Å². The van der Waals surface area contributed by atoms with E-state index in [1.165, 1.54) is 43.3 Å². The number of hydrogen-bond donors (Lipinski definition) is 6. The minimum atomic E-state index is -5.10. The van der Waals surface area contributed by atoms with Crippen LogP contribution in [0.25, 0.3) is 16.9 Å². The number of Topliss-reactive ketones (excluding diaryl/α,β-unsaturated/α-hetero) is 2. The number of ketones is 2. The Kier molecular flexibility index (Phi) is 8.35. The molecule has 0 aliphatic heterocycles. The van der Waals surface area contributed by atoms with Crippen molar-refractivity contribution >= 4 is 29.1 Å². The van der Waals surface area contributed by atoms with Gasteiger partial charge in [-0.05, 0) is 74.7 Å². The number of fused-ring (bicyclic) bond motifs is 3. The van der Waals surface area contributed by atoms with E-state index in [0.717, 1.165) is 0 Å². The molecule has 0 bridgehead atoms. The first-order valence-corrected chi connectivity index (χ1v) is 14.6. The number of ether oxygens (including phenoxy) is 1. The van der Waals surface area contributed by atoms with E-state index in [9.17, 15) is 52.8 Å². The maximum Gasteiger partial charge on any atom is 0.471 e. The van der Waals surface area contributed by atoms with Crippen molar-refractivity contribution in [3.05, 3.63) is 63.9 Å². The Balaban J connectivity index is 1.64. The fourth-order valence-electron chi connectivity index (χ4n) is 6.97. The molecular formula is C32H32F3N3O9. The number of benzene rings is 2. The van der Waals surface area contributed by atoms with Gasteiger partial charge in [-0.1, -0.05) is 12.1 Å². The predicted molar refractivity (Wildman–Crippen MR) is 159 cm³/mol. The monoisotopic (exact) mass is 659 g/mol. The molecule has 2 aromatic carbocycles. The number of rotatable bonds is 7. The smallest absolute Gasteiger partial charge is 0.471 e. The summed E-state index contributed by atoms with van der Waals surface area (Å²) in [6, 6.07) is 6.09. The normalized spacial score (nSPS) is 24.1. The molecule has 15 heteroatoms. The van der Waals surface area contributed by atoms with Crippen molar-refractivity contribution in [1.82, 2.24) is 10.2 Å². The number of aliphatic hydroxyl groups excluding tert-OH is 2. The Morgan fingerprint density at radius 2 is 1.81 bits per heavy atom. The van der Waals surface area contributed by atoms with Crippen molar-refractivity contribution < 1.29 is 57.5 Å². The number of alkyl halides is 3. The molecule has 0 radical (unpaired) electrons. The number of nitrogens with two attached hydrogens (primary N) is 1. The van der Waals surface area contributed by atoms with Crippen LogP contribution in [-0.4, -0.2) is 87.2 Å². The van der Waals surface area contributed by atoms with Gasteiger partial charge in [-0.25, -0.2) is 0 Å². The molecule has 3 aliphatic carbocycles. The number of nitrogens with zero attached hydrogens (tertiary/aromatic N) is 1. The number of phenolic OH excluding ortho intramolecular Hbond substituents is 1. The van der Waals surface area contributed by atoms with Gasteiger partial charge in [0.25, 0.3) is 5.91 Å². The SMILES string of the molecule is CCOc1ccc(-c2ccc(O)c3c2C[C@@H]2C[C@@H]4C(N(C)C)C(=O)C(C(N)=O)=C(O)[C@@]4(O)C(=O)C2=C3O)cc1CNC(=O)C(F)(F)F. The highest BCUT2D eigenvalue weighted by atomic mass is 19.4. The molecule has 2 amide bonds. The van der Waals surface area contributed by atoms with E-state index in [2.05, 4.69) is 0 Å². The van der Waals surface area contributed by atoms with E-state index in [-0.39, 0.29) is 41.9 Å². The quantitative estimate of drug-likeness (QED) is 0.240. The Morgan fingerprint density at radius 3 is 2.40 bits per heavy atom. The minimum absolute atomic E-state index is 0.00831. The Labute approximate surface area is 265 Å². The van der Waals surface area contributed by atoms with Gasteiger partial charge in [0.15, 0.2) is 11.4 Å². The third-order valence-corrected chi connectivity index (χ3v) is 8.97. The van der Waals surface area contributed by atoms with Gasteiger partial charge in [0, 0.05) is 23.6 Å². The van der Waals surface area contributed by atoms with Crippen molar-refractivity contribution in [2.75, 3.05) is 20.7 Å². The topological polar surface area (TPSA) is 200 Å². The molecule has 2 aromatic rings. The van der Waals surface area contributed by atoms with E-state index in [0.29, 0.717) is 16.7 Å². The fraction of sp³-hybridized carbons (Fsp3) is 0.375. The number of phenols is 1. The van der Waals surface area contributed by atoms with Gasteiger partial charge in [0.1, 0.15) is 28.6 Å². The van der Waals surface area contributed by atoms with E-state index in [4.69, 9.17) is 10.5 Å². The predicted octanol–water partition coefficient (Wildman–Crippen LogP) is 2.21. The molecule has 1 saturated carbocycles. The molecule has 47 heavy (non-hydrogen) atoms. The highest BCUT2D eigenvalue weighted by molar-refractivity contribution is 6.24. The van der Waals surface area contributed by atoms with Gasteiger partial charge in [-0.3, -0.25) is 24.1 Å². The first-order chi connectivity index (χ1) is 21.9. The lowest BCUT2D eigenvalue weighted by Gasteiger charge is -2.50. The van der Waals surface area contributed by atoms with Gasteiger partial charge in [0.2, 0.25) is 5.78 Å². The first kappa shape index (κ1) is 33.5. The van der Waals surface area contributed by atoms with E-state index >= 15 is 0 Å². The number of aliphatic hydroxyl groups is 3. The van der Waals surface area contributed by atoms with Crippen LogP contribution in [-0.2, 0) is 32.1 Å². The molecule has 3 aliphatic rings. The Morgan fingerprint density at radius 1 is 1.13 bits per heavy atom. The van der Waals surface area contributed by atoms with Crippen LogP contribution in [0, 0.1) is 11.8 Å². The van der Waals surface area contributed by atoms with Crippen LogP contribution in [0.3, 0.4) is 0 Å². The Hall–Kier alpha value is -4.89. The summed E-state index contributed by atoms with van der Waals surface area (Å²) >= 11 is 0. The third kappa shape index (κ3) is 5.28. The van der Waals surface area contributed by atoms with Gasteiger partial charge in [-0.2, -0.15) is 13.2 Å². The summed E-state index contributed by atoms with van der Waals surface area (Å²) < 4.78 is 44.2. The lowest BCUT2D eigenvalue weighted by Crippen LogP contribution is -2.65. The lowest BCUT2D eigenvalue weighted by molar-refractivity contribution is -0.173. The summed E-state index contributed by atoms with van der Waals surface area (Å²) in [5.41, 5.74) is 2.56. The average Bonchev–Trinajstić information content (AvgIpc) is 2.97. The number of carbonyl (C=O) groups excluding carboxylic acids is 4. The summed E-state index contributed by atoms with van der Waals surface area (Å²) in [5.74, 6) is -9.74. The molecule has 4 atom stereocenters. The highest BCUT2D eigenvalue weighted by Crippen LogP contribution is 2.53. The van der Waals surface area contributed by atoms with Crippen molar-refractivity contribution in [3.8, 4) is 22.6 Å². The van der Waals surface area contributed by atoms with E-state index in [1.807, 2.05) is 5.32 Å². The lowest BCUT2D eigenvalue weighted by atomic mass is 9.57. The zero-order valence-corrected chi connectivity index (χ0v) is 25.4. The summed E-state index contributed by atoms with van der Waals surface area (Å²) in [6.07, 6.45) is -5.24. The van der Waals surface area contributed by atoms with Crippen molar-refractivity contribution in [2.24, 2.45) is 17.6 Å². The van der Waals surface area contributed by atoms with E-state index < -0.39 is 82.4 Å². The maximum absolute atomic E-state index is 14.0. The largest absolute Gasteiger partial charge is 0.508 e. The van der Waals surface area contributed by atoms with Crippen LogP contribution >= 0.6 is 0 Å². The number of amides is 2. The van der Waals surface area contributed by atoms with Crippen molar-refractivity contribution in [1.29, 1.82) is 0 Å². The van der Waals surface area contributed by atoms with Crippen molar-refractivity contribution in [3.63, 3.8) is 0 Å². The van der Waals surface area contributed by atoms with Crippen LogP contribution in [0.5, 0.6) is 11.5 Å². The number of primary amides is 1. The number of hydrogen-bond acceptors (Lipinski definition) is 10. The first-order valence-electron chi connectivity index (χ1n) is 14.6. The van der Waals surface area contributed by atoms with Gasteiger partial charge >= 0.3 is 12.1 Å². The second-order valence-electron chi connectivity index (χ2n) is 11.9. The van der Waals surface area contributed by atoms with Gasteiger partial charge < -0.3 is 36.2 Å². The molecule has 1 fully saturated rings. The number of aromatic hydroxyl groups is 1. The molecule has 0 spiro atoms. The number of carbonyl (C=O) groups is 4. The van der Waals surface area contributed by atoms with Crippen LogP contribution < -0.4 is 15.8 Å². The number of halogens is 3. The Bertz CT molecular complexity index is 1780. The number of likely N-dealkylation sites (N-methyl/N-ethyl adjacent to an activating group) is 1. The molecule has 1 unspecified atom stereocenters. The molecule has 0 aromatic heterocycles. The van der Waals surface area contributed by atoms with Crippen LogP contribution in [0.1, 0.15) is 30.0 Å². The maximum atomic E-state index is 14.0. The summed E-state index contributed by atoms with van der Waals surface area (Å²) in [4.78, 5) is 52.4. The van der Waals surface area contributed by atoms with Crippen LogP contribution in [0.4, 0.5) is 13.2 Å². The van der Waals surface area contributed by atoms with Gasteiger partial charge in [-0.15, -0.1) is 0 Å². The molecule has 5 rings (SSSR count). The second-order valence-corrected chi connectivity index (χ2v) is 11.9. The summed E-state index contributed by atoms with van der Waals surface area (Å²) in [6.45, 7) is 1.33. The molecule has 12 nitrogen and oxygen atoms in total. The van der Waals surface area contributed by atoms with E-state index in [1.54, 1.807) is 13.0 Å². The molecule has 0 saturated heterocycles. The molecule has 7 N–H and O–H groups in total. The molecule has 250 valence electrons. The molecular weight excluding hydrogens is 627 g/mol. The third-order valence-electron chi connectivity index (χ3n) is 8.97. The number of nitrogens with one attached hydrogen (secondary N) is 1. The average molecular weight is 660 g/mol. The zero-order valence-electron chi connectivity index (χ0n) is 25.4.